The average molecular weight is 291 g/mol. The molecular weight excluding hydrogens is 274 g/mol. The first-order valence-corrected chi connectivity index (χ1v) is 6.54. The summed E-state index contributed by atoms with van der Waals surface area (Å²) in [5.41, 5.74) is 0.659. The van der Waals surface area contributed by atoms with Crippen LogP contribution in [0.3, 0.4) is 0 Å². The van der Waals surface area contributed by atoms with E-state index in [1.54, 1.807) is 30.3 Å². The number of amides is 1. The highest BCUT2D eigenvalue weighted by Gasteiger charge is 2.34. The third-order valence-electron chi connectivity index (χ3n) is 3.35. The Balaban J connectivity index is 2.16. The van der Waals surface area contributed by atoms with Crippen molar-refractivity contribution in [2.45, 2.75) is 24.7 Å². The summed E-state index contributed by atoms with van der Waals surface area (Å²) in [7, 11) is 1.23. The molecule has 2 rings (SSSR count). The molecule has 21 heavy (non-hydrogen) atoms. The molecule has 0 heterocycles. The predicted molar refractivity (Wildman–Crippen MR) is 74.4 cm³/mol. The Bertz CT molecular complexity index is 554. The zero-order valence-electron chi connectivity index (χ0n) is 11.5. The van der Waals surface area contributed by atoms with Gasteiger partial charge in [-0.2, -0.15) is 0 Å². The summed E-state index contributed by atoms with van der Waals surface area (Å²) >= 11 is 0. The Labute approximate surface area is 122 Å². The molecular formula is C15H17NO5. The third-order valence-corrected chi connectivity index (χ3v) is 3.35. The summed E-state index contributed by atoms with van der Waals surface area (Å²) in [4.78, 5) is 23.6. The van der Waals surface area contributed by atoms with Gasteiger partial charge in [-0.1, -0.05) is 18.2 Å². The summed E-state index contributed by atoms with van der Waals surface area (Å²) in [5.74, 6) is -0.978. The molecule has 0 radical (unpaired) electrons. The molecule has 0 aliphatic heterocycles. The normalized spacial score (nSPS) is 24.9. The minimum atomic E-state index is -1.17. The van der Waals surface area contributed by atoms with Crippen molar-refractivity contribution in [3.05, 3.63) is 47.5 Å². The molecule has 6 heteroatoms. The van der Waals surface area contributed by atoms with Crippen LogP contribution in [0.1, 0.15) is 16.8 Å². The number of rotatable bonds is 3. The fraction of sp³-hybridized carbons (Fsp3) is 0.333. The second-order valence-corrected chi connectivity index (χ2v) is 4.81. The lowest BCUT2D eigenvalue weighted by Gasteiger charge is -2.30. The van der Waals surface area contributed by atoms with E-state index in [1.165, 1.54) is 13.2 Å². The molecule has 0 aromatic heterocycles. The maximum atomic E-state index is 12.1. The van der Waals surface area contributed by atoms with Crippen LogP contribution >= 0.6 is 0 Å². The number of carbonyl (C=O) groups is 2. The molecule has 0 bridgehead atoms. The number of benzene rings is 1. The van der Waals surface area contributed by atoms with E-state index in [0.717, 1.165) is 0 Å². The van der Waals surface area contributed by atoms with Gasteiger partial charge in [-0.05, 0) is 18.2 Å². The van der Waals surface area contributed by atoms with Gasteiger partial charge in [0, 0.05) is 17.6 Å². The minimum absolute atomic E-state index is 0.00839. The van der Waals surface area contributed by atoms with E-state index in [4.69, 9.17) is 0 Å². The number of hydrogen-bond acceptors (Lipinski definition) is 5. The second-order valence-electron chi connectivity index (χ2n) is 4.81. The fourth-order valence-corrected chi connectivity index (χ4v) is 2.20. The SMILES string of the molecule is COC(=O)C1=C[C@@H](NC(=O)c2ccccc2)[C@@H](O)[C@H](O)C1. The van der Waals surface area contributed by atoms with Crippen molar-refractivity contribution < 1.29 is 24.5 Å². The van der Waals surface area contributed by atoms with Gasteiger partial charge >= 0.3 is 5.97 Å². The lowest BCUT2D eigenvalue weighted by atomic mass is 9.90. The van der Waals surface area contributed by atoms with Crippen molar-refractivity contribution >= 4 is 11.9 Å². The van der Waals surface area contributed by atoms with Crippen molar-refractivity contribution in [3.63, 3.8) is 0 Å². The monoisotopic (exact) mass is 291 g/mol. The Morgan fingerprint density at radius 3 is 2.52 bits per heavy atom. The molecule has 6 nitrogen and oxygen atoms in total. The summed E-state index contributed by atoms with van der Waals surface area (Å²) in [5, 5.41) is 22.3. The van der Waals surface area contributed by atoms with Crippen molar-refractivity contribution in [2.75, 3.05) is 7.11 Å². The van der Waals surface area contributed by atoms with Crippen LogP contribution in [0.25, 0.3) is 0 Å². The van der Waals surface area contributed by atoms with Gasteiger partial charge in [-0.25, -0.2) is 4.79 Å². The Morgan fingerprint density at radius 2 is 1.90 bits per heavy atom. The van der Waals surface area contributed by atoms with Crippen LogP contribution in [0, 0.1) is 0 Å². The molecule has 0 saturated heterocycles. The number of esters is 1. The van der Waals surface area contributed by atoms with Gasteiger partial charge < -0.3 is 20.3 Å². The summed E-state index contributed by atoms with van der Waals surface area (Å²) in [6.07, 6.45) is -0.897. The van der Waals surface area contributed by atoms with Gasteiger partial charge in [-0.15, -0.1) is 0 Å². The molecule has 1 aliphatic carbocycles. The topological polar surface area (TPSA) is 95.9 Å². The molecule has 0 spiro atoms. The molecule has 112 valence electrons. The molecule has 3 atom stereocenters. The second kappa shape index (κ2) is 6.51. The maximum absolute atomic E-state index is 12.1. The van der Waals surface area contributed by atoms with Gasteiger partial charge in [0.15, 0.2) is 0 Å². The third kappa shape index (κ3) is 3.48. The van der Waals surface area contributed by atoms with Crippen LogP contribution in [-0.4, -0.2) is 47.4 Å². The van der Waals surface area contributed by atoms with Gasteiger partial charge in [0.1, 0.15) is 6.10 Å². The molecule has 1 aromatic carbocycles. The lowest BCUT2D eigenvalue weighted by molar-refractivity contribution is -0.137. The van der Waals surface area contributed by atoms with Gasteiger partial charge in [0.25, 0.3) is 5.91 Å². The fourth-order valence-electron chi connectivity index (χ4n) is 2.20. The van der Waals surface area contributed by atoms with Crippen LogP contribution in [-0.2, 0) is 9.53 Å². The van der Waals surface area contributed by atoms with Gasteiger partial charge in [0.2, 0.25) is 0 Å². The van der Waals surface area contributed by atoms with Gasteiger partial charge in [0.05, 0.1) is 19.3 Å². The van der Waals surface area contributed by atoms with Gasteiger partial charge in [-0.3, -0.25) is 4.79 Å². The number of hydrogen-bond donors (Lipinski definition) is 3. The molecule has 1 amide bonds. The van der Waals surface area contributed by atoms with Crippen molar-refractivity contribution in [3.8, 4) is 0 Å². The molecule has 0 unspecified atom stereocenters. The first-order valence-electron chi connectivity index (χ1n) is 6.54. The van der Waals surface area contributed by atoms with Crippen LogP contribution in [0.15, 0.2) is 42.0 Å². The summed E-state index contributed by atoms with van der Waals surface area (Å²) in [6.45, 7) is 0. The number of ether oxygens (including phenoxy) is 1. The highest BCUT2D eigenvalue weighted by molar-refractivity contribution is 5.95. The Hall–Kier alpha value is -2.18. The Morgan fingerprint density at radius 1 is 1.24 bits per heavy atom. The van der Waals surface area contributed by atoms with E-state index in [-0.39, 0.29) is 12.0 Å². The smallest absolute Gasteiger partial charge is 0.333 e. The average Bonchev–Trinajstić information content (AvgIpc) is 2.51. The zero-order valence-corrected chi connectivity index (χ0v) is 11.5. The van der Waals surface area contributed by atoms with Crippen LogP contribution in [0.2, 0.25) is 0 Å². The number of aliphatic hydroxyl groups is 2. The van der Waals surface area contributed by atoms with Crippen LogP contribution < -0.4 is 5.32 Å². The number of methoxy groups -OCH3 is 1. The molecule has 1 aliphatic rings. The van der Waals surface area contributed by atoms with E-state index in [1.807, 2.05) is 0 Å². The van der Waals surface area contributed by atoms with Crippen molar-refractivity contribution in [1.29, 1.82) is 0 Å². The van der Waals surface area contributed by atoms with E-state index in [2.05, 4.69) is 10.1 Å². The number of nitrogens with one attached hydrogen (secondary N) is 1. The summed E-state index contributed by atoms with van der Waals surface area (Å²) in [6, 6.07) is 7.63. The number of aliphatic hydroxyl groups excluding tert-OH is 2. The highest BCUT2D eigenvalue weighted by atomic mass is 16.5. The Kier molecular flexibility index (Phi) is 4.72. The van der Waals surface area contributed by atoms with Crippen LogP contribution in [0.4, 0.5) is 0 Å². The largest absolute Gasteiger partial charge is 0.466 e. The molecule has 0 fully saturated rings. The highest BCUT2D eigenvalue weighted by Crippen LogP contribution is 2.21. The molecule has 0 saturated carbocycles. The number of carbonyl (C=O) groups excluding carboxylic acids is 2. The molecule has 3 N–H and O–H groups in total. The first kappa shape index (κ1) is 15.2. The first-order chi connectivity index (χ1) is 10.0. The van der Waals surface area contributed by atoms with Crippen molar-refractivity contribution in [2.24, 2.45) is 0 Å². The maximum Gasteiger partial charge on any atom is 0.333 e. The summed E-state index contributed by atoms with van der Waals surface area (Å²) < 4.78 is 4.60. The zero-order chi connectivity index (χ0) is 15.4. The van der Waals surface area contributed by atoms with E-state index in [9.17, 15) is 19.8 Å². The predicted octanol–water partition coefficient (Wildman–Crippen LogP) is 0.00990. The van der Waals surface area contributed by atoms with Crippen LogP contribution in [0.5, 0.6) is 0 Å². The lowest BCUT2D eigenvalue weighted by Crippen LogP contribution is -2.50. The van der Waals surface area contributed by atoms with E-state index < -0.39 is 30.1 Å². The molecule has 1 aromatic rings. The van der Waals surface area contributed by atoms with Crippen molar-refractivity contribution in [1.82, 2.24) is 5.32 Å². The van der Waals surface area contributed by atoms with E-state index >= 15 is 0 Å². The minimum Gasteiger partial charge on any atom is -0.466 e. The van der Waals surface area contributed by atoms with E-state index in [0.29, 0.717) is 5.56 Å². The quantitative estimate of drug-likeness (QED) is 0.682. The standard InChI is InChI=1S/C15H17NO5/c1-21-15(20)10-7-11(13(18)12(17)8-10)16-14(19)9-5-3-2-4-6-9/h2-7,11-13,17-18H,8H2,1H3,(H,16,19)/t11-,12-,13-/m1/s1.